The fourth-order valence-electron chi connectivity index (χ4n) is 2.12. The predicted octanol–water partition coefficient (Wildman–Crippen LogP) is 1.76. The van der Waals surface area contributed by atoms with Gasteiger partial charge in [0.2, 0.25) is 0 Å². The van der Waals surface area contributed by atoms with Crippen molar-refractivity contribution in [2.75, 3.05) is 32.1 Å². The summed E-state index contributed by atoms with van der Waals surface area (Å²) in [6.07, 6.45) is 0. The fraction of sp³-hybridized carbons (Fsp3) is 0.222. The second kappa shape index (κ2) is 8.01. The maximum Gasteiger partial charge on any atom is 0.340 e. The molecule has 0 unspecified atom stereocenters. The fourth-order valence-corrected chi connectivity index (χ4v) is 3.49. The van der Waals surface area contributed by atoms with Crippen LogP contribution in [0.3, 0.4) is 0 Å². The van der Waals surface area contributed by atoms with Gasteiger partial charge in [-0.25, -0.2) is 13.2 Å². The van der Waals surface area contributed by atoms with E-state index >= 15 is 0 Å². The van der Waals surface area contributed by atoms with E-state index in [0.717, 1.165) is 4.31 Å². The molecule has 0 N–H and O–H groups in total. The molecule has 0 aliphatic rings. The van der Waals surface area contributed by atoms with Crippen LogP contribution in [0.5, 0.6) is 0 Å². The van der Waals surface area contributed by atoms with Crippen LogP contribution in [0.4, 0.5) is 5.69 Å². The Morgan fingerprint density at radius 2 is 1.50 bits per heavy atom. The van der Waals surface area contributed by atoms with Gasteiger partial charge in [0.1, 0.15) is 4.90 Å². The number of likely N-dealkylation sites (N-methyl/N-ethyl adjacent to an activating group) is 1. The SMILES string of the molecule is CN(C)C(=O)COC(=O)c1ccccc1S(=O)(=O)N(C)c1ccccc1. The Balaban J connectivity index is 2.33. The molecule has 0 radical (unpaired) electrons. The van der Waals surface area contributed by atoms with Gasteiger partial charge in [-0.15, -0.1) is 0 Å². The van der Waals surface area contributed by atoms with E-state index in [9.17, 15) is 18.0 Å². The second-order valence-corrected chi connectivity index (χ2v) is 7.61. The number of nitrogens with zero attached hydrogens (tertiary/aromatic N) is 2. The highest BCUT2D eigenvalue weighted by molar-refractivity contribution is 7.92. The molecule has 1 amide bonds. The van der Waals surface area contributed by atoms with Crippen LogP contribution in [0.2, 0.25) is 0 Å². The molecule has 0 spiro atoms. The Morgan fingerprint density at radius 1 is 0.923 bits per heavy atom. The molecule has 0 heterocycles. The highest BCUT2D eigenvalue weighted by Gasteiger charge is 2.27. The van der Waals surface area contributed by atoms with Gasteiger partial charge in [-0.3, -0.25) is 9.10 Å². The number of hydrogen-bond donors (Lipinski definition) is 0. The molecule has 8 heteroatoms. The van der Waals surface area contributed by atoms with Crippen molar-refractivity contribution in [3.8, 4) is 0 Å². The largest absolute Gasteiger partial charge is 0.452 e. The summed E-state index contributed by atoms with van der Waals surface area (Å²) in [5.74, 6) is -1.28. The van der Waals surface area contributed by atoms with Crippen LogP contribution in [0.15, 0.2) is 59.5 Å². The first-order chi connectivity index (χ1) is 12.2. The Labute approximate surface area is 152 Å². The third-order valence-electron chi connectivity index (χ3n) is 3.69. The van der Waals surface area contributed by atoms with Crippen LogP contribution in [0, 0.1) is 0 Å². The van der Waals surface area contributed by atoms with Gasteiger partial charge < -0.3 is 9.64 Å². The predicted molar refractivity (Wildman–Crippen MR) is 97.4 cm³/mol. The molecule has 2 rings (SSSR count). The van der Waals surface area contributed by atoms with Crippen molar-refractivity contribution >= 4 is 27.6 Å². The minimum absolute atomic E-state index is 0.123. The summed E-state index contributed by atoms with van der Waals surface area (Å²) >= 11 is 0. The number of sulfonamides is 1. The van der Waals surface area contributed by atoms with Crippen LogP contribution in [-0.4, -0.2) is 52.9 Å². The van der Waals surface area contributed by atoms with Gasteiger partial charge in [0.15, 0.2) is 6.61 Å². The zero-order valence-corrected chi connectivity index (χ0v) is 15.6. The van der Waals surface area contributed by atoms with Crippen LogP contribution >= 0.6 is 0 Å². The summed E-state index contributed by atoms with van der Waals surface area (Å²) in [5, 5.41) is 0. The number of carbonyl (C=O) groups is 2. The third-order valence-corrected chi connectivity index (χ3v) is 5.53. The summed E-state index contributed by atoms with van der Waals surface area (Å²) in [5.41, 5.74) is 0.334. The minimum Gasteiger partial charge on any atom is -0.452 e. The van der Waals surface area contributed by atoms with Crippen molar-refractivity contribution in [3.05, 3.63) is 60.2 Å². The van der Waals surface area contributed by atoms with E-state index in [4.69, 9.17) is 4.74 Å². The molecule has 0 bridgehead atoms. The minimum atomic E-state index is -3.99. The van der Waals surface area contributed by atoms with Gasteiger partial charge in [0.25, 0.3) is 15.9 Å². The third kappa shape index (κ3) is 4.20. The lowest BCUT2D eigenvalue weighted by atomic mass is 10.2. The van der Waals surface area contributed by atoms with E-state index in [1.54, 1.807) is 30.3 Å². The van der Waals surface area contributed by atoms with Crippen LogP contribution < -0.4 is 4.31 Å². The number of ether oxygens (including phenoxy) is 1. The Hall–Kier alpha value is -2.87. The molecule has 0 aromatic heterocycles. The van der Waals surface area contributed by atoms with E-state index in [-0.39, 0.29) is 10.5 Å². The topological polar surface area (TPSA) is 84.0 Å². The molecule has 2 aromatic carbocycles. The molecule has 26 heavy (non-hydrogen) atoms. The number of anilines is 1. The van der Waals surface area contributed by atoms with Crippen molar-refractivity contribution in [2.45, 2.75) is 4.90 Å². The molecule has 0 aliphatic heterocycles. The van der Waals surface area contributed by atoms with Crippen molar-refractivity contribution in [1.82, 2.24) is 4.90 Å². The summed E-state index contributed by atoms with van der Waals surface area (Å²) in [6, 6.07) is 14.2. The number of para-hydroxylation sites is 1. The summed E-state index contributed by atoms with van der Waals surface area (Å²) in [4.78, 5) is 25.0. The zero-order chi connectivity index (χ0) is 19.3. The number of carbonyl (C=O) groups excluding carboxylic acids is 2. The van der Waals surface area contributed by atoms with Crippen molar-refractivity contribution in [1.29, 1.82) is 0 Å². The zero-order valence-electron chi connectivity index (χ0n) is 14.7. The maximum absolute atomic E-state index is 12.9. The molecule has 7 nitrogen and oxygen atoms in total. The highest BCUT2D eigenvalue weighted by Crippen LogP contribution is 2.24. The van der Waals surface area contributed by atoms with Gasteiger partial charge in [-0.1, -0.05) is 30.3 Å². The first kappa shape index (κ1) is 19.5. The molecular formula is C18H20N2O5S. The first-order valence-electron chi connectivity index (χ1n) is 7.75. The normalized spacial score (nSPS) is 10.9. The molecular weight excluding hydrogens is 356 g/mol. The van der Waals surface area contributed by atoms with Gasteiger partial charge in [-0.05, 0) is 24.3 Å². The molecule has 0 aliphatic carbocycles. The first-order valence-corrected chi connectivity index (χ1v) is 9.19. The van der Waals surface area contributed by atoms with E-state index in [0.29, 0.717) is 5.69 Å². The van der Waals surface area contributed by atoms with E-state index in [1.165, 1.54) is 50.3 Å². The molecule has 2 aromatic rings. The molecule has 0 saturated heterocycles. The smallest absolute Gasteiger partial charge is 0.340 e. The summed E-state index contributed by atoms with van der Waals surface area (Å²) in [6.45, 7) is -0.464. The number of benzene rings is 2. The van der Waals surface area contributed by atoms with Crippen molar-refractivity contribution < 1.29 is 22.7 Å². The lowest BCUT2D eigenvalue weighted by Crippen LogP contribution is -2.30. The molecule has 0 atom stereocenters. The van der Waals surface area contributed by atoms with E-state index < -0.39 is 28.5 Å². The number of amides is 1. The molecule has 138 valence electrons. The van der Waals surface area contributed by atoms with Crippen molar-refractivity contribution in [3.63, 3.8) is 0 Å². The standard InChI is InChI=1S/C18H20N2O5S/c1-19(2)17(21)13-25-18(22)15-11-7-8-12-16(15)26(23,24)20(3)14-9-5-4-6-10-14/h4-12H,13H2,1-3H3. The van der Waals surface area contributed by atoms with Gasteiger partial charge >= 0.3 is 5.97 Å². The summed E-state index contributed by atoms with van der Waals surface area (Å²) < 4.78 is 31.9. The lowest BCUT2D eigenvalue weighted by Gasteiger charge is -2.21. The Bertz CT molecular complexity index is 895. The second-order valence-electron chi connectivity index (χ2n) is 5.67. The van der Waals surface area contributed by atoms with E-state index in [1.807, 2.05) is 0 Å². The number of hydrogen-bond acceptors (Lipinski definition) is 5. The number of esters is 1. The average molecular weight is 376 g/mol. The monoisotopic (exact) mass is 376 g/mol. The van der Waals surface area contributed by atoms with Crippen LogP contribution in [0.1, 0.15) is 10.4 Å². The maximum atomic E-state index is 12.9. The Morgan fingerprint density at radius 3 is 2.12 bits per heavy atom. The number of rotatable bonds is 6. The van der Waals surface area contributed by atoms with Crippen molar-refractivity contribution in [2.24, 2.45) is 0 Å². The van der Waals surface area contributed by atoms with Gasteiger partial charge in [0, 0.05) is 21.1 Å². The average Bonchev–Trinajstić information content (AvgIpc) is 2.65. The van der Waals surface area contributed by atoms with Gasteiger partial charge in [0.05, 0.1) is 11.3 Å². The van der Waals surface area contributed by atoms with Crippen LogP contribution in [-0.2, 0) is 19.6 Å². The van der Waals surface area contributed by atoms with Gasteiger partial charge in [-0.2, -0.15) is 0 Å². The quantitative estimate of drug-likeness (QED) is 0.717. The lowest BCUT2D eigenvalue weighted by molar-refractivity contribution is -0.131. The summed E-state index contributed by atoms with van der Waals surface area (Å²) in [7, 11) is 0.482. The molecule has 0 saturated carbocycles. The van der Waals surface area contributed by atoms with E-state index in [2.05, 4.69) is 0 Å². The Kier molecular flexibility index (Phi) is 5.99. The highest BCUT2D eigenvalue weighted by atomic mass is 32.2. The van der Waals surface area contributed by atoms with Crippen LogP contribution in [0.25, 0.3) is 0 Å². The molecule has 0 fully saturated rings.